The number of carbonyl (C=O) groups is 3. The minimum atomic E-state index is -0.534. The first-order valence-electron chi connectivity index (χ1n) is 4.95. The van der Waals surface area contributed by atoms with Gasteiger partial charge in [0.15, 0.2) is 0 Å². The summed E-state index contributed by atoms with van der Waals surface area (Å²) in [5.41, 5.74) is 0.0337. The molecule has 6 nitrogen and oxygen atoms in total. The Morgan fingerprint density at radius 1 is 1.53 bits per heavy atom. The maximum absolute atomic E-state index is 11.8. The van der Waals surface area contributed by atoms with Gasteiger partial charge in [0.25, 0.3) is 5.91 Å². The molecule has 0 unspecified atom stereocenters. The van der Waals surface area contributed by atoms with E-state index in [-0.39, 0.29) is 12.2 Å². The lowest BCUT2D eigenvalue weighted by atomic mass is 10.2. The van der Waals surface area contributed by atoms with Crippen LogP contribution in [0.4, 0.5) is 0 Å². The van der Waals surface area contributed by atoms with Gasteiger partial charge in [-0.25, -0.2) is 0 Å². The van der Waals surface area contributed by atoms with E-state index < -0.39 is 17.7 Å². The van der Waals surface area contributed by atoms with Gasteiger partial charge in [-0.2, -0.15) is 0 Å². The molecule has 3 amide bonds. The lowest BCUT2D eigenvalue weighted by Gasteiger charge is -2.25. The second-order valence-corrected chi connectivity index (χ2v) is 3.53. The molecule has 0 radical (unpaired) electrons. The van der Waals surface area contributed by atoms with E-state index in [0.717, 1.165) is 4.90 Å². The summed E-state index contributed by atoms with van der Waals surface area (Å²) in [5.74, 6) is -0.972. The number of piperazine rings is 1. The van der Waals surface area contributed by atoms with Crippen molar-refractivity contribution >= 4 is 23.8 Å². The number of nitrogens with zero attached hydrogens (tertiary/aromatic N) is 1. The third-order valence-electron chi connectivity index (χ3n) is 2.26. The highest BCUT2D eigenvalue weighted by Gasteiger charge is 2.30. The molecule has 1 aromatic heterocycles. The average Bonchev–Trinajstić information content (AvgIpc) is 2.75. The Balaban J connectivity index is 2.31. The van der Waals surface area contributed by atoms with E-state index in [1.165, 1.54) is 19.3 Å². The van der Waals surface area contributed by atoms with Crippen molar-refractivity contribution in [3.63, 3.8) is 0 Å². The summed E-state index contributed by atoms with van der Waals surface area (Å²) in [7, 11) is 0. The number of nitrogens with one attached hydrogen (secondary N) is 1. The van der Waals surface area contributed by atoms with Gasteiger partial charge in [-0.05, 0) is 12.1 Å². The summed E-state index contributed by atoms with van der Waals surface area (Å²) >= 11 is 0. The molecule has 2 heterocycles. The van der Waals surface area contributed by atoms with E-state index in [1.807, 2.05) is 0 Å². The highest BCUT2D eigenvalue weighted by molar-refractivity contribution is 6.12. The molecule has 1 fully saturated rings. The molecule has 0 aromatic carbocycles. The van der Waals surface area contributed by atoms with Crippen LogP contribution in [-0.4, -0.2) is 29.2 Å². The third kappa shape index (κ3) is 2.25. The first kappa shape index (κ1) is 11.1. The molecule has 88 valence electrons. The van der Waals surface area contributed by atoms with Gasteiger partial charge in [0.1, 0.15) is 18.0 Å². The molecule has 1 saturated heterocycles. The summed E-state index contributed by atoms with van der Waals surface area (Å²) in [5, 5.41) is 2.41. The Hall–Kier alpha value is -2.37. The van der Waals surface area contributed by atoms with Crippen molar-refractivity contribution in [2.75, 3.05) is 6.54 Å². The molecule has 0 bridgehead atoms. The molecule has 0 atom stereocenters. The average molecular weight is 234 g/mol. The van der Waals surface area contributed by atoms with Crippen molar-refractivity contribution in [1.29, 1.82) is 0 Å². The van der Waals surface area contributed by atoms with E-state index in [4.69, 9.17) is 4.42 Å². The molecule has 2 rings (SSSR count). The second-order valence-electron chi connectivity index (χ2n) is 3.53. The van der Waals surface area contributed by atoms with Crippen molar-refractivity contribution in [3.05, 3.63) is 29.9 Å². The van der Waals surface area contributed by atoms with Crippen LogP contribution >= 0.6 is 0 Å². The van der Waals surface area contributed by atoms with Gasteiger partial charge in [-0.1, -0.05) is 0 Å². The fourth-order valence-corrected chi connectivity index (χ4v) is 1.47. The van der Waals surface area contributed by atoms with Crippen LogP contribution in [0.1, 0.15) is 12.7 Å². The monoisotopic (exact) mass is 234 g/mol. The minimum Gasteiger partial charge on any atom is -0.465 e. The van der Waals surface area contributed by atoms with Crippen molar-refractivity contribution in [2.45, 2.75) is 6.92 Å². The molecule has 0 aliphatic carbocycles. The zero-order valence-electron chi connectivity index (χ0n) is 9.10. The maximum atomic E-state index is 11.8. The Kier molecular flexibility index (Phi) is 2.78. The number of imide groups is 1. The summed E-state index contributed by atoms with van der Waals surface area (Å²) in [6.45, 7) is 0.991. The number of furan rings is 1. The Morgan fingerprint density at radius 2 is 2.29 bits per heavy atom. The number of carbonyl (C=O) groups excluding carboxylic acids is 3. The van der Waals surface area contributed by atoms with E-state index in [2.05, 4.69) is 5.32 Å². The van der Waals surface area contributed by atoms with Gasteiger partial charge in [-0.15, -0.1) is 0 Å². The molecular weight excluding hydrogens is 224 g/mol. The lowest BCUT2D eigenvalue weighted by Crippen LogP contribution is -2.51. The fourth-order valence-electron chi connectivity index (χ4n) is 1.47. The van der Waals surface area contributed by atoms with Gasteiger partial charge in [-0.3, -0.25) is 19.3 Å². The van der Waals surface area contributed by atoms with E-state index in [9.17, 15) is 14.4 Å². The third-order valence-corrected chi connectivity index (χ3v) is 2.26. The number of amides is 3. The Morgan fingerprint density at radius 3 is 2.88 bits per heavy atom. The van der Waals surface area contributed by atoms with Crippen LogP contribution in [0.15, 0.2) is 28.5 Å². The largest absolute Gasteiger partial charge is 0.465 e. The van der Waals surface area contributed by atoms with Crippen molar-refractivity contribution in [1.82, 2.24) is 10.2 Å². The molecule has 17 heavy (non-hydrogen) atoms. The molecule has 6 heteroatoms. The van der Waals surface area contributed by atoms with Crippen LogP contribution in [0.25, 0.3) is 6.08 Å². The number of rotatable bonds is 1. The highest BCUT2D eigenvalue weighted by Crippen LogP contribution is 2.11. The second kappa shape index (κ2) is 4.25. The van der Waals surface area contributed by atoms with Crippen LogP contribution in [0, 0.1) is 0 Å². The summed E-state index contributed by atoms with van der Waals surface area (Å²) in [6.07, 6.45) is 2.83. The first-order chi connectivity index (χ1) is 8.08. The molecule has 1 aliphatic rings. The van der Waals surface area contributed by atoms with Gasteiger partial charge >= 0.3 is 0 Å². The SMILES string of the molecule is CC(=O)N1CC(=O)N/C(=C\c2ccco2)C1=O. The van der Waals surface area contributed by atoms with Crippen LogP contribution in [-0.2, 0) is 14.4 Å². The molecule has 0 saturated carbocycles. The molecule has 1 aliphatic heterocycles. The van der Waals surface area contributed by atoms with Gasteiger partial charge in [0.05, 0.1) is 6.26 Å². The highest BCUT2D eigenvalue weighted by atomic mass is 16.3. The van der Waals surface area contributed by atoms with Crippen LogP contribution in [0.3, 0.4) is 0 Å². The predicted octanol–water partition coefficient (Wildman–Crippen LogP) is 0.125. The van der Waals surface area contributed by atoms with Crippen molar-refractivity contribution in [3.8, 4) is 0 Å². The van der Waals surface area contributed by atoms with E-state index in [1.54, 1.807) is 12.1 Å². The summed E-state index contributed by atoms with van der Waals surface area (Å²) < 4.78 is 5.03. The van der Waals surface area contributed by atoms with Crippen molar-refractivity contribution in [2.24, 2.45) is 0 Å². The van der Waals surface area contributed by atoms with Crippen molar-refractivity contribution < 1.29 is 18.8 Å². The fraction of sp³-hybridized carbons (Fsp3) is 0.182. The normalized spacial score (nSPS) is 18.4. The zero-order chi connectivity index (χ0) is 12.4. The first-order valence-corrected chi connectivity index (χ1v) is 4.95. The van der Waals surface area contributed by atoms with E-state index >= 15 is 0 Å². The molecular formula is C11H10N2O4. The van der Waals surface area contributed by atoms with Crippen LogP contribution in [0.5, 0.6) is 0 Å². The molecule has 1 N–H and O–H groups in total. The van der Waals surface area contributed by atoms with Crippen LogP contribution < -0.4 is 5.32 Å². The van der Waals surface area contributed by atoms with Gasteiger partial charge < -0.3 is 9.73 Å². The van der Waals surface area contributed by atoms with Crippen LogP contribution in [0.2, 0.25) is 0 Å². The molecule has 1 aromatic rings. The summed E-state index contributed by atoms with van der Waals surface area (Å²) in [4.78, 5) is 35.2. The number of hydrogen-bond acceptors (Lipinski definition) is 4. The quantitative estimate of drug-likeness (QED) is 0.700. The topological polar surface area (TPSA) is 79.6 Å². The standard InChI is InChI=1S/C11H10N2O4/c1-7(14)13-6-10(15)12-9(11(13)16)5-8-3-2-4-17-8/h2-5H,6H2,1H3,(H,12,15)/b9-5-. The Labute approximate surface area is 96.9 Å². The maximum Gasteiger partial charge on any atom is 0.277 e. The van der Waals surface area contributed by atoms with E-state index in [0.29, 0.717) is 5.76 Å². The minimum absolute atomic E-state index is 0.0337. The summed E-state index contributed by atoms with van der Waals surface area (Å²) in [6, 6.07) is 3.30. The predicted molar refractivity (Wildman–Crippen MR) is 57.2 cm³/mol. The van der Waals surface area contributed by atoms with Gasteiger partial charge in [0.2, 0.25) is 11.8 Å². The van der Waals surface area contributed by atoms with Gasteiger partial charge in [0, 0.05) is 13.0 Å². The lowest BCUT2D eigenvalue weighted by molar-refractivity contribution is -0.147. The smallest absolute Gasteiger partial charge is 0.277 e. The molecule has 0 spiro atoms. The Bertz CT molecular complexity index is 502. The zero-order valence-corrected chi connectivity index (χ0v) is 9.10. The number of hydrogen-bond donors (Lipinski definition) is 1.